The van der Waals surface area contributed by atoms with E-state index in [1.54, 1.807) is 12.3 Å². The molecule has 0 atom stereocenters. The van der Waals surface area contributed by atoms with E-state index in [0.717, 1.165) is 31.5 Å². The molecule has 0 spiro atoms. The Labute approximate surface area is 114 Å². The Hall–Kier alpha value is -1.20. The first-order valence-electron chi connectivity index (χ1n) is 6.95. The number of anilines is 1. The predicted octanol–water partition coefficient (Wildman–Crippen LogP) is 2.59. The average Bonchev–Trinajstić information content (AvgIpc) is 2.42. The van der Waals surface area contributed by atoms with E-state index in [1.807, 2.05) is 6.92 Å². The molecule has 1 fully saturated rings. The lowest BCUT2D eigenvalue weighted by Crippen LogP contribution is -2.39. The number of aromatic nitrogens is 2. The first kappa shape index (κ1) is 14.2. The molecule has 1 saturated carbocycles. The third-order valence-corrected chi connectivity index (χ3v) is 4.04. The first-order chi connectivity index (χ1) is 9.01. The fourth-order valence-corrected chi connectivity index (χ4v) is 2.70. The van der Waals surface area contributed by atoms with Gasteiger partial charge in [-0.15, -0.1) is 0 Å². The normalized spacial score (nSPS) is 21.1. The van der Waals surface area contributed by atoms with Gasteiger partial charge in [-0.1, -0.05) is 13.8 Å². The number of nitrogens with two attached hydrogens (primary N) is 1. The highest BCUT2D eigenvalue weighted by molar-refractivity contribution is 5.31. The molecule has 0 radical (unpaired) electrons. The van der Waals surface area contributed by atoms with Gasteiger partial charge in [0.1, 0.15) is 11.4 Å². The SMILES string of the molecule is CCOC1(c2nccc(NN)n2)CCC(C)(C)CC1. The van der Waals surface area contributed by atoms with Gasteiger partial charge >= 0.3 is 0 Å². The van der Waals surface area contributed by atoms with Crippen molar-refractivity contribution in [2.24, 2.45) is 11.3 Å². The van der Waals surface area contributed by atoms with Crippen LogP contribution in [0.3, 0.4) is 0 Å². The van der Waals surface area contributed by atoms with Crippen LogP contribution in [-0.4, -0.2) is 16.6 Å². The van der Waals surface area contributed by atoms with Gasteiger partial charge in [-0.25, -0.2) is 15.8 Å². The summed E-state index contributed by atoms with van der Waals surface area (Å²) >= 11 is 0. The van der Waals surface area contributed by atoms with Gasteiger partial charge in [0.25, 0.3) is 0 Å². The fourth-order valence-electron chi connectivity index (χ4n) is 2.70. The summed E-state index contributed by atoms with van der Waals surface area (Å²) in [5.74, 6) is 6.81. The second-order valence-corrected chi connectivity index (χ2v) is 6.00. The molecule has 0 bridgehead atoms. The topological polar surface area (TPSA) is 73.1 Å². The summed E-state index contributed by atoms with van der Waals surface area (Å²) < 4.78 is 6.06. The molecule has 0 unspecified atom stereocenters. The summed E-state index contributed by atoms with van der Waals surface area (Å²) in [6.07, 6.45) is 5.90. The quantitative estimate of drug-likeness (QED) is 0.646. The summed E-state index contributed by atoms with van der Waals surface area (Å²) in [4.78, 5) is 8.90. The standard InChI is InChI=1S/C14H24N4O/c1-4-19-14(8-6-13(2,3)7-9-14)12-16-10-5-11(17-12)18-15/h5,10H,4,6-9,15H2,1-3H3,(H,16,17,18). The number of hydrogen-bond acceptors (Lipinski definition) is 5. The van der Waals surface area contributed by atoms with Gasteiger partial charge in [-0.3, -0.25) is 0 Å². The van der Waals surface area contributed by atoms with Crippen molar-refractivity contribution >= 4 is 5.82 Å². The van der Waals surface area contributed by atoms with E-state index in [-0.39, 0.29) is 5.60 Å². The van der Waals surface area contributed by atoms with Gasteiger partial charge in [0, 0.05) is 18.9 Å². The van der Waals surface area contributed by atoms with Crippen molar-refractivity contribution in [1.82, 2.24) is 9.97 Å². The zero-order valence-electron chi connectivity index (χ0n) is 12.1. The van der Waals surface area contributed by atoms with Crippen LogP contribution in [0.2, 0.25) is 0 Å². The van der Waals surface area contributed by atoms with Crippen molar-refractivity contribution in [3.63, 3.8) is 0 Å². The summed E-state index contributed by atoms with van der Waals surface area (Å²) in [7, 11) is 0. The molecule has 0 amide bonds. The maximum atomic E-state index is 6.06. The number of hydrazine groups is 1. The van der Waals surface area contributed by atoms with E-state index in [0.29, 0.717) is 17.8 Å². The van der Waals surface area contributed by atoms with Gasteiger partial charge in [0.2, 0.25) is 0 Å². The summed E-state index contributed by atoms with van der Waals surface area (Å²) in [5.41, 5.74) is 2.60. The molecule has 1 aromatic heterocycles. The molecule has 19 heavy (non-hydrogen) atoms. The average molecular weight is 264 g/mol. The molecule has 2 rings (SSSR count). The molecule has 3 N–H and O–H groups in total. The van der Waals surface area contributed by atoms with Crippen LogP contribution in [0.1, 0.15) is 52.3 Å². The molecular formula is C14H24N4O. The van der Waals surface area contributed by atoms with Crippen LogP contribution < -0.4 is 11.3 Å². The first-order valence-corrected chi connectivity index (χ1v) is 6.95. The number of rotatable bonds is 4. The molecule has 0 aliphatic heterocycles. The number of ether oxygens (including phenoxy) is 1. The lowest BCUT2D eigenvalue weighted by atomic mass is 9.70. The van der Waals surface area contributed by atoms with E-state index in [9.17, 15) is 0 Å². The number of nitrogens with zero attached hydrogens (tertiary/aromatic N) is 2. The van der Waals surface area contributed by atoms with E-state index >= 15 is 0 Å². The van der Waals surface area contributed by atoms with Crippen molar-refractivity contribution in [1.29, 1.82) is 0 Å². The molecule has 1 heterocycles. The second kappa shape index (κ2) is 5.43. The van der Waals surface area contributed by atoms with Crippen molar-refractivity contribution in [2.75, 3.05) is 12.0 Å². The Bertz CT molecular complexity index is 423. The summed E-state index contributed by atoms with van der Waals surface area (Å²) in [6.45, 7) is 7.31. The molecule has 0 aromatic carbocycles. The second-order valence-electron chi connectivity index (χ2n) is 6.00. The smallest absolute Gasteiger partial charge is 0.162 e. The molecule has 1 aromatic rings. The minimum Gasteiger partial charge on any atom is -0.367 e. The Morgan fingerprint density at radius 3 is 2.58 bits per heavy atom. The van der Waals surface area contributed by atoms with Gasteiger partial charge in [-0.2, -0.15) is 0 Å². The molecule has 1 aliphatic rings. The van der Waals surface area contributed by atoms with Crippen LogP contribution >= 0.6 is 0 Å². The van der Waals surface area contributed by atoms with E-state index in [1.165, 1.54) is 0 Å². The van der Waals surface area contributed by atoms with Crippen LogP contribution in [0.4, 0.5) is 5.82 Å². The summed E-state index contributed by atoms with van der Waals surface area (Å²) in [6, 6.07) is 1.76. The van der Waals surface area contributed by atoms with E-state index in [2.05, 4.69) is 29.2 Å². The Balaban J connectivity index is 2.29. The van der Waals surface area contributed by atoms with Crippen LogP contribution in [0.15, 0.2) is 12.3 Å². The van der Waals surface area contributed by atoms with E-state index < -0.39 is 0 Å². The van der Waals surface area contributed by atoms with Crippen molar-refractivity contribution in [2.45, 2.75) is 52.1 Å². The molecule has 0 saturated heterocycles. The van der Waals surface area contributed by atoms with Gasteiger partial charge in [0.15, 0.2) is 5.82 Å². The largest absolute Gasteiger partial charge is 0.367 e. The van der Waals surface area contributed by atoms with Crippen LogP contribution in [0.5, 0.6) is 0 Å². The van der Waals surface area contributed by atoms with Crippen LogP contribution in [0, 0.1) is 5.41 Å². The number of nitrogens with one attached hydrogen (secondary N) is 1. The molecule has 5 heteroatoms. The van der Waals surface area contributed by atoms with Crippen LogP contribution in [-0.2, 0) is 10.3 Å². The summed E-state index contributed by atoms with van der Waals surface area (Å²) in [5, 5.41) is 0. The van der Waals surface area contributed by atoms with Gasteiger partial charge < -0.3 is 10.2 Å². The minimum absolute atomic E-state index is 0.350. The Morgan fingerprint density at radius 1 is 1.32 bits per heavy atom. The zero-order valence-corrected chi connectivity index (χ0v) is 12.1. The highest BCUT2D eigenvalue weighted by atomic mass is 16.5. The maximum absolute atomic E-state index is 6.06. The van der Waals surface area contributed by atoms with Crippen molar-refractivity contribution < 1.29 is 4.74 Å². The molecule has 5 nitrogen and oxygen atoms in total. The molecule has 106 valence electrons. The number of nitrogen functional groups attached to an aromatic ring is 1. The van der Waals surface area contributed by atoms with Gasteiger partial charge in [-0.05, 0) is 38.0 Å². The minimum atomic E-state index is -0.350. The fraction of sp³-hybridized carbons (Fsp3) is 0.714. The highest BCUT2D eigenvalue weighted by Gasteiger charge is 2.42. The third-order valence-electron chi connectivity index (χ3n) is 4.04. The monoisotopic (exact) mass is 264 g/mol. The molecular weight excluding hydrogens is 240 g/mol. The Morgan fingerprint density at radius 2 is 2.00 bits per heavy atom. The van der Waals surface area contributed by atoms with Crippen molar-refractivity contribution in [3.8, 4) is 0 Å². The van der Waals surface area contributed by atoms with Crippen LogP contribution in [0.25, 0.3) is 0 Å². The number of hydrogen-bond donors (Lipinski definition) is 2. The van der Waals surface area contributed by atoms with Gasteiger partial charge in [0.05, 0.1) is 0 Å². The van der Waals surface area contributed by atoms with Crippen molar-refractivity contribution in [3.05, 3.63) is 18.1 Å². The lowest BCUT2D eigenvalue weighted by Gasteiger charge is -2.42. The maximum Gasteiger partial charge on any atom is 0.162 e. The molecule has 1 aliphatic carbocycles. The van der Waals surface area contributed by atoms with E-state index in [4.69, 9.17) is 10.6 Å². The zero-order chi connectivity index (χ0) is 13.9. The third kappa shape index (κ3) is 3.04. The Kier molecular flexibility index (Phi) is 4.06. The predicted molar refractivity (Wildman–Crippen MR) is 75.4 cm³/mol. The highest BCUT2D eigenvalue weighted by Crippen LogP contribution is 2.46. The lowest BCUT2D eigenvalue weighted by molar-refractivity contribution is -0.0947.